The fraction of sp³-hybridized carbons (Fsp3) is 0.700. The minimum absolute atomic E-state index is 0.157. The number of piperidine rings is 4. The van der Waals surface area contributed by atoms with Crippen LogP contribution in [0.25, 0.3) is 0 Å². The maximum absolute atomic E-state index is 12.1. The van der Waals surface area contributed by atoms with Crippen molar-refractivity contribution in [3.8, 4) is 0 Å². The molecule has 3 aromatic rings. The molecule has 0 radical (unpaired) electrons. The van der Waals surface area contributed by atoms with Crippen LogP contribution in [0.4, 0.5) is 9.59 Å². The average Bonchev–Trinajstić information content (AvgIpc) is 1.98. The summed E-state index contributed by atoms with van der Waals surface area (Å²) in [7, 11) is 5.46. The second-order valence-electron chi connectivity index (χ2n) is 28.6. The normalized spacial score (nSPS) is 22.1. The first kappa shape index (κ1) is 69.6. The number of carbonyl (C=O) groups is 3. The molecule has 0 unspecified atom stereocenters. The summed E-state index contributed by atoms with van der Waals surface area (Å²) in [4.78, 5) is 43.6. The van der Waals surface area contributed by atoms with Gasteiger partial charge >= 0.3 is 12.2 Å². The van der Waals surface area contributed by atoms with Crippen molar-refractivity contribution in [2.75, 3.05) is 86.8 Å². The number of hydrogen-bond donors (Lipinski definition) is 5. The Hall–Kier alpha value is -4.45. The number of likely N-dealkylation sites (tertiary alicyclic amines) is 4. The maximum Gasteiger partial charge on any atom is 0.410 e. The van der Waals surface area contributed by atoms with Crippen molar-refractivity contribution in [2.24, 2.45) is 33.1 Å². The van der Waals surface area contributed by atoms with Gasteiger partial charge in [0.25, 0.3) is 0 Å². The molecular weight excluding hydrogens is 1060 g/mol. The topological polar surface area (TPSA) is 188 Å². The lowest BCUT2D eigenvalue weighted by molar-refractivity contribution is -0.135. The molecule has 15 heteroatoms. The zero-order chi connectivity index (χ0) is 61.6. The molecular formula is C70H114N8O7. The molecule has 5 heterocycles. The number of nitrogens with one attached hydrogen (secondary N) is 2. The van der Waals surface area contributed by atoms with Crippen LogP contribution >= 0.6 is 0 Å². The van der Waals surface area contributed by atoms with E-state index in [1.165, 1.54) is 120 Å². The van der Waals surface area contributed by atoms with Crippen molar-refractivity contribution in [3.63, 3.8) is 0 Å². The van der Waals surface area contributed by atoms with Gasteiger partial charge in [-0.15, -0.1) is 0 Å². The number of rotatable bonds is 7. The van der Waals surface area contributed by atoms with Crippen LogP contribution in [0.2, 0.25) is 0 Å². The highest BCUT2D eigenvalue weighted by Crippen LogP contribution is 2.51. The van der Waals surface area contributed by atoms with E-state index in [1.54, 1.807) is 4.90 Å². The van der Waals surface area contributed by atoms with Gasteiger partial charge in [-0.3, -0.25) is 4.79 Å². The second-order valence-corrected chi connectivity index (χ2v) is 28.6. The third-order valence-corrected chi connectivity index (χ3v) is 19.1. The summed E-state index contributed by atoms with van der Waals surface area (Å²) in [5.74, 6) is 0.371. The Morgan fingerprint density at radius 3 is 1.13 bits per heavy atom. The molecule has 4 saturated carbocycles. The molecule has 9 fully saturated rings. The Morgan fingerprint density at radius 2 is 0.847 bits per heavy atom. The van der Waals surface area contributed by atoms with Crippen LogP contribution in [-0.4, -0.2) is 159 Å². The number of ketones is 1. The van der Waals surface area contributed by atoms with Crippen LogP contribution in [0.3, 0.4) is 0 Å². The summed E-state index contributed by atoms with van der Waals surface area (Å²) < 4.78 is 15.8. The van der Waals surface area contributed by atoms with E-state index in [2.05, 4.69) is 95.2 Å². The van der Waals surface area contributed by atoms with E-state index >= 15 is 0 Å². The molecule has 0 aromatic heterocycles. The molecule has 0 atom stereocenters. The lowest BCUT2D eigenvalue weighted by atomic mass is 9.60. The van der Waals surface area contributed by atoms with Crippen molar-refractivity contribution in [1.82, 2.24) is 30.2 Å². The summed E-state index contributed by atoms with van der Waals surface area (Å²) in [5, 5.41) is 14.4. The van der Waals surface area contributed by atoms with Crippen LogP contribution in [0.15, 0.2) is 91.0 Å². The van der Waals surface area contributed by atoms with E-state index in [0.29, 0.717) is 40.7 Å². The van der Waals surface area contributed by atoms with Crippen molar-refractivity contribution in [1.29, 1.82) is 0 Å². The molecule has 5 saturated heterocycles. The molecule has 476 valence electrons. The van der Waals surface area contributed by atoms with Gasteiger partial charge in [0.15, 0.2) is 0 Å². The number of nitrogens with zero attached hydrogens (tertiary/aromatic N) is 4. The molecule has 2 amide bonds. The smallest absolute Gasteiger partial charge is 0.410 e. The van der Waals surface area contributed by atoms with E-state index in [1.807, 2.05) is 76.8 Å². The predicted molar refractivity (Wildman–Crippen MR) is 344 cm³/mol. The van der Waals surface area contributed by atoms with Crippen molar-refractivity contribution >= 4 is 18.0 Å². The van der Waals surface area contributed by atoms with Gasteiger partial charge in [0.1, 0.15) is 17.0 Å². The highest BCUT2D eigenvalue weighted by molar-refractivity contribution is 5.86. The number of aliphatic hydroxyl groups excluding tert-OH is 1. The number of aliphatic hydroxyl groups is 1. The molecule has 9 aliphatic rings. The minimum atomic E-state index is -0.432. The van der Waals surface area contributed by atoms with E-state index < -0.39 is 11.2 Å². The third kappa shape index (κ3) is 23.5. The van der Waals surface area contributed by atoms with E-state index in [4.69, 9.17) is 30.8 Å². The molecule has 5 aliphatic heterocycles. The standard InChI is InChI=1S/C20H30N2O2.C16H24N2.C13H21NO3.C9H18N2.C7H9N.C4H8O.CH4O/c1-19(2,3)24-18(23)22-11-9-20(10-12-22)13-17(14-20)21-15-16-7-5-4-6-8-16;1-18-9-7-16(8-10-18)11-15(12-16)17-13-14-5-3-2-4-6-14;1-12(2,3)17-11(16)14-6-4-13(5-7-14)8-10(15)9-13;1-11-4-2-9(3-5-11)6-8(10)7-9;8-6-7-4-2-1-3-5-7;1-2-4-5-3-1;1-2/h4-8,17,21H,9-15H2,1-3H3;2-6,15,17H,7-13H2,1H3;4-9H2,1-3H3;8H,2-7,10H2,1H3;1-5H,6,8H2;1-4H2;2H,1H3. The van der Waals surface area contributed by atoms with Gasteiger partial charge < -0.3 is 61.0 Å². The van der Waals surface area contributed by atoms with Crippen LogP contribution in [-0.2, 0) is 38.6 Å². The Balaban J connectivity index is 0.000000171. The SMILES string of the molecule is C1CCOC1.CC(C)(C)OC(=O)N1CCC2(CC1)CC(=O)C2.CC(C)(C)OC(=O)N1CCC2(CC1)CC(NCc1ccccc1)C2.CN1CCC2(CC1)CC(N)C2.CN1CCC2(CC1)CC(NCc1ccccc1)C2.CO.NCc1ccccc1. The number of nitrogens with two attached hydrogens (primary N) is 2. The Labute approximate surface area is 513 Å². The summed E-state index contributed by atoms with van der Waals surface area (Å²) in [6, 6.07) is 33.2. The molecule has 12 rings (SSSR count). The van der Waals surface area contributed by atoms with Gasteiger partial charge in [0, 0.05) is 97.1 Å². The van der Waals surface area contributed by atoms with Crippen molar-refractivity contribution in [3.05, 3.63) is 108 Å². The minimum Gasteiger partial charge on any atom is -0.444 e. The van der Waals surface area contributed by atoms with Gasteiger partial charge in [-0.25, -0.2) is 9.59 Å². The molecule has 4 aliphatic carbocycles. The third-order valence-electron chi connectivity index (χ3n) is 19.1. The number of Topliss-reactive ketones (excluding diaryl/α,β-unsaturated/α-hetero) is 1. The molecule has 7 N–H and O–H groups in total. The number of benzene rings is 3. The van der Waals surface area contributed by atoms with Crippen LogP contribution in [0.5, 0.6) is 0 Å². The van der Waals surface area contributed by atoms with Gasteiger partial charge in [-0.1, -0.05) is 91.0 Å². The number of amides is 2. The van der Waals surface area contributed by atoms with Gasteiger partial charge in [-0.2, -0.15) is 0 Å². The molecule has 85 heavy (non-hydrogen) atoms. The first-order chi connectivity index (χ1) is 40.5. The predicted octanol–water partition coefficient (Wildman–Crippen LogP) is 11.3. The van der Waals surface area contributed by atoms with Crippen LogP contribution in [0, 0.1) is 21.7 Å². The number of carbonyl (C=O) groups excluding carboxylic acids is 3. The fourth-order valence-electron chi connectivity index (χ4n) is 13.7. The van der Waals surface area contributed by atoms with E-state index in [-0.39, 0.29) is 17.6 Å². The number of hydrogen-bond acceptors (Lipinski definition) is 13. The zero-order valence-corrected chi connectivity index (χ0v) is 54.2. The zero-order valence-electron chi connectivity index (χ0n) is 54.2. The molecule has 15 nitrogen and oxygen atoms in total. The fourth-order valence-corrected chi connectivity index (χ4v) is 13.7. The lowest BCUT2D eigenvalue weighted by Gasteiger charge is -2.52. The first-order valence-electron chi connectivity index (χ1n) is 32.5. The van der Waals surface area contributed by atoms with Crippen LogP contribution < -0.4 is 22.1 Å². The van der Waals surface area contributed by atoms with Gasteiger partial charge in [0.05, 0.1) is 0 Å². The summed E-state index contributed by atoms with van der Waals surface area (Å²) in [6.45, 7) is 24.3. The highest BCUT2D eigenvalue weighted by Gasteiger charge is 2.48. The molecule has 4 spiro atoms. The first-order valence-corrected chi connectivity index (χ1v) is 32.5. The Kier molecular flexibility index (Phi) is 27.2. The quantitative estimate of drug-likeness (QED) is 0.150. The summed E-state index contributed by atoms with van der Waals surface area (Å²) in [6.07, 6.45) is 21.2. The summed E-state index contributed by atoms with van der Waals surface area (Å²) in [5.41, 5.74) is 16.3. The largest absolute Gasteiger partial charge is 0.444 e. The summed E-state index contributed by atoms with van der Waals surface area (Å²) >= 11 is 0. The highest BCUT2D eigenvalue weighted by atomic mass is 16.6. The van der Waals surface area contributed by atoms with Gasteiger partial charge in [-0.05, 0) is 223 Å². The average molecular weight is 1180 g/mol. The second kappa shape index (κ2) is 33.2. The molecule has 0 bridgehead atoms. The van der Waals surface area contributed by atoms with E-state index in [0.717, 1.165) is 104 Å². The maximum atomic E-state index is 12.1. The van der Waals surface area contributed by atoms with Gasteiger partial charge in [0.2, 0.25) is 0 Å². The van der Waals surface area contributed by atoms with E-state index in [9.17, 15) is 14.4 Å². The van der Waals surface area contributed by atoms with Crippen molar-refractivity contribution < 1.29 is 33.7 Å². The van der Waals surface area contributed by atoms with Crippen molar-refractivity contribution in [2.45, 2.75) is 206 Å². The Bertz CT molecular complexity index is 2340. The van der Waals surface area contributed by atoms with Crippen LogP contribution in [0.1, 0.15) is 174 Å². The number of ether oxygens (including phenoxy) is 3. The lowest BCUT2D eigenvalue weighted by Crippen LogP contribution is -2.54. The monoisotopic (exact) mass is 1180 g/mol. The molecule has 3 aromatic carbocycles. The Morgan fingerprint density at radius 1 is 0.529 bits per heavy atom.